The predicted molar refractivity (Wildman–Crippen MR) is 193 cm³/mol. The van der Waals surface area contributed by atoms with Crippen molar-refractivity contribution in [3.63, 3.8) is 0 Å². The van der Waals surface area contributed by atoms with Crippen LogP contribution in [0, 0.1) is 6.92 Å². The van der Waals surface area contributed by atoms with Gasteiger partial charge in [0.15, 0.2) is 5.78 Å². The zero-order valence-corrected chi connectivity index (χ0v) is 28.6. The summed E-state index contributed by atoms with van der Waals surface area (Å²) in [5.74, 6) is -0.103. The van der Waals surface area contributed by atoms with E-state index >= 15 is 0 Å². The van der Waals surface area contributed by atoms with Gasteiger partial charge in [0.2, 0.25) is 5.78 Å². The maximum atomic E-state index is 14.0. The van der Waals surface area contributed by atoms with Crippen molar-refractivity contribution in [2.75, 3.05) is 5.75 Å². The van der Waals surface area contributed by atoms with Crippen molar-refractivity contribution in [1.82, 2.24) is 4.57 Å². The highest BCUT2D eigenvalue weighted by molar-refractivity contribution is 7.99. The smallest absolute Gasteiger partial charge is 0.341 e. The zero-order valence-electron chi connectivity index (χ0n) is 26.2. The molecule has 6 rings (SSSR count). The molecular weight excluding hydrogens is 664 g/mol. The lowest BCUT2D eigenvalue weighted by molar-refractivity contribution is 0.103. The molecule has 10 heteroatoms. The van der Waals surface area contributed by atoms with Crippen molar-refractivity contribution in [3.8, 4) is 0 Å². The Morgan fingerprint density at radius 1 is 0.812 bits per heavy atom. The number of fused-ring (bicyclic) bond motifs is 3. The third-order valence-electron chi connectivity index (χ3n) is 8.06. The van der Waals surface area contributed by atoms with E-state index in [1.165, 1.54) is 23.9 Å². The van der Waals surface area contributed by atoms with Gasteiger partial charge in [0.1, 0.15) is 10.6 Å². The first-order valence-electron chi connectivity index (χ1n) is 15.3. The molecule has 7 nitrogen and oxygen atoms in total. The van der Waals surface area contributed by atoms with E-state index in [0.717, 1.165) is 32.3 Å². The molecule has 0 N–H and O–H groups in total. The van der Waals surface area contributed by atoms with Crippen LogP contribution in [0.3, 0.4) is 0 Å². The number of aromatic nitrogens is 1. The Balaban J connectivity index is 1.37. The molecule has 0 radical (unpaired) electrons. The molecule has 0 saturated heterocycles. The second-order valence-electron chi connectivity index (χ2n) is 11.1. The number of nitrogens with zero attached hydrogens (tertiary/aromatic N) is 2. The van der Waals surface area contributed by atoms with Crippen LogP contribution in [0.15, 0.2) is 130 Å². The lowest BCUT2D eigenvalue weighted by Crippen LogP contribution is -2.17. The largest absolute Gasteiger partial charge is 0.358 e. The highest BCUT2D eigenvalue weighted by Crippen LogP contribution is 2.32. The first-order chi connectivity index (χ1) is 23.2. The Morgan fingerprint density at radius 3 is 2.10 bits per heavy atom. The van der Waals surface area contributed by atoms with Gasteiger partial charge in [0, 0.05) is 67.1 Å². The molecule has 0 aliphatic carbocycles. The summed E-state index contributed by atoms with van der Waals surface area (Å²) >= 11 is 7.50. The molecular formula is C38H31ClN2O5S2. The Labute approximate surface area is 288 Å². The van der Waals surface area contributed by atoms with Gasteiger partial charge in [-0.15, -0.1) is 11.8 Å². The summed E-state index contributed by atoms with van der Waals surface area (Å²) < 4.78 is 33.0. The zero-order chi connectivity index (χ0) is 33.8. The van der Waals surface area contributed by atoms with E-state index in [1.54, 1.807) is 42.5 Å². The van der Waals surface area contributed by atoms with E-state index in [1.807, 2.05) is 74.5 Å². The summed E-state index contributed by atoms with van der Waals surface area (Å²) in [5, 5.41) is 6.17. The van der Waals surface area contributed by atoms with E-state index in [2.05, 4.69) is 9.72 Å². The van der Waals surface area contributed by atoms with Gasteiger partial charge >= 0.3 is 10.1 Å². The number of ketones is 2. The van der Waals surface area contributed by atoms with E-state index in [-0.39, 0.29) is 22.8 Å². The molecule has 0 saturated carbocycles. The minimum Gasteiger partial charge on any atom is -0.341 e. The number of aryl methyl sites for hydroxylation is 2. The summed E-state index contributed by atoms with van der Waals surface area (Å²) in [6.07, 6.45) is 0.139. The van der Waals surface area contributed by atoms with Gasteiger partial charge in [-0.2, -0.15) is 8.42 Å². The summed E-state index contributed by atoms with van der Waals surface area (Å²) in [6.45, 7) is 4.63. The van der Waals surface area contributed by atoms with Gasteiger partial charge in [-0.3, -0.25) is 13.9 Å². The van der Waals surface area contributed by atoms with Gasteiger partial charge in [0.05, 0.1) is 0 Å². The van der Waals surface area contributed by atoms with Crippen LogP contribution in [0.1, 0.15) is 45.2 Å². The molecule has 0 atom stereocenters. The number of halogens is 1. The summed E-state index contributed by atoms with van der Waals surface area (Å²) in [4.78, 5) is 28.4. The minimum atomic E-state index is -4.25. The van der Waals surface area contributed by atoms with Crippen LogP contribution < -0.4 is 0 Å². The number of benzene rings is 5. The first kappa shape index (κ1) is 33.2. The van der Waals surface area contributed by atoms with Crippen molar-refractivity contribution < 1.29 is 22.3 Å². The molecule has 1 aromatic heterocycles. The second kappa shape index (κ2) is 14.2. The van der Waals surface area contributed by atoms with Crippen LogP contribution in [0.2, 0.25) is 5.02 Å². The van der Waals surface area contributed by atoms with Crippen molar-refractivity contribution in [1.29, 1.82) is 0 Å². The topological polar surface area (TPSA) is 94.8 Å². The third-order valence-corrected chi connectivity index (χ3v) is 10.4. The number of carbonyl (C=O) groups is 2. The van der Waals surface area contributed by atoms with Gasteiger partial charge in [0.25, 0.3) is 0 Å². The summed E-state index contributed by atoms with van der Waals surface area (Å²) in [7, 11) is -4.25. The van der Waals surface area contributed by atoms with Crippen molar-refractivity contribution >= 4 is 72.6 Å². The van der Waals surface area contributed by atoms with Gasteiger partial charge in [-0.05, 0) is 92.2 Å². The fourth-order valence-corrected chi connectivity index (χ4v) is 7.35. The fraction of sp³-hybridized carbons (Fsp3) is 0.132. The second-order valence-corrected chi connectivity index (χ2v) is 14.2. The molecule has 48 heavy (non-hydrogen) atoms. The Morgan fingerprint density at radius 2 is 1.44 bits per heavy atom. The van der Waals surface area contributed by atoms with Gasteiger partial charge < -0.3 is 4.57 Å². The number of rotatable bonds is 12. The van der Waals surface area contributed by atoms with Crippen LogP contribution in [0.4, 0.5) is 0 Å². The monoisotopic (exact) mass is 694 g/mol. The van der Waals surface area contributed by atoms with E-state index in [9.17, 15) is 18.0 Å². The standard InChI is InChI=1S/C38H31ClN2O5S2/c1-3-41-35-19-13-26(37(42)31-12-8-7-9-25(31)2)23-32(35)33-24-27(14-20-36(33)41)38(43)34(21-22-47-29-17-15-28(39)16-18-29)40-46-48(44,45)30-10-5-4-6-11-30/h4-20,23-24H,3,21-22H2,1-2H3/b40-34+. The molecule has 6 aromatic rings. The lowest BCUT2D eigenvalue weighted by atomic mass is 9.97. The average Bonchev–Trinajstić information content (AvgIpc) is 3.42. The number of hydrogen-bond donors (Lipinski definition) is 0. The number of carbonyl (C=O) groups excluding carboxylic acids is 2. The van der Waals surface area contributed by atoms with Crippen molar-refractivity contribution in [2.45, 2.75) is 36.6 Å². The van der Waals surface area contributed by atoms with Crippen LogP contribution >= 0.6 is 23.4 Å². The average molecular weight is 695 g/mol. The fourth-order valence-electron chi connectivity index (χ4n) is 5.60. The third kappa shape index (κ3) is 6.94. The molecule has 0 spiro atoms. The lowest BCUT2D eigenvalue weighted by Gasteiger charge is -2.08. The number of thioether (sulfide) groups is 1. The number of Topliss-reactive ketones (excluding diaryl/α,β-unsaturated/α-hetero) is 1. The maximum absolute atomic E-state index is 14.0. The van der Waals surface area contributed by atoms with Crippen molar-refractivity contribution in [3.05, 3.63) is 143 Å². The number of hydrogen-bond acceptors (Lipinski definition) is 7. The SMILES string of the molecule is CCn1c2ccc(C(=O)/C(CCSc3ccc(Cl)cc3)=N/OS(=O)(=O)c3ccccc3)cc2c2cc(C(=O)c3ccccc3C)ccc21. The molecule has 0 amide bonds. The Hall–Kier alpha value is -4.70. The highest BCUT2D eigenvalue weighted by atomic mass is 35.5. The van der Waals surface area contributed by atoms with E-state index < -0.39 is 15.9 Å². The van der Waals surface area contributed by atoms with Crippen LogP contribution in [0.5, 0.6) is 0 Å². The van der Waals surface area contributed by atoms with Gasteiger partial charge in [-0.25, -0.2) is 0 Å². The summed E-state index contributed by atoms with van der Waals surface area (Å²) in [5.41, 5.74) is 4.20. The number of oxime groups is 1. The predicted octanol–water partition coefficient (Wildman–Crippen LogP) is 9.13. The normalized spacial score (nSPS) is 12.0. The molecule has 0 aliphatic rings. The molecule has 0 bridgehead atoms. The Kier molecular flexibility index (Phi) is 9.82. The molecule has 0 aliphatic heterocycles. The quantitative estimate of drug-likeness (QED) is 0.0549. The van der Waals surface area contributed by atoms with Crippen LogP contribution in [0.25, 0.3) is 21.8 Å². The summed E-state index contributed by atoms with van der Waals surface area (Å²) in [6, 6.07) is 33.5. The first-order valence-corrected chi connectivity index (χ1v) is 18.1. The molecule has 0 unspecified atom stereocenters. The van der Waals surface area contributed by atoms with E-state index in [4.69, 9.17) is 15.9 Å². The molecule has 1 heterocycles. The Bertz CT molecular complexity index is 2300. The molecule has 5 aromatic carbocycles. The van der Waals surface area contributed by atoms with Gasteiger partial charge in [-0.1, -0.05) is 59.2 Å². The minimum absolute atomic E-state index is 0.0371. The molecule has 0 fully saturated rings. The molecule has 242 valence electrons. The van der Waals surface area contributed by atoms with Crippen molar-refractivity contribution in [2.24, 2.45) is 5.16 Å². The van der Waals surface area contributed by atoms with Crippen LogP contribution in [-0.4, -0.2) is 36.0 Å². The van der Waals surface area contributed by atoms with E-state index in [0.29, 0.717) is 34.0 Å². The highest BCUT2D eigenvalue weighted by Gasteiger charge is 2.22. The van der Waals surface area contributed by atoms with Crippen LogP contribution in [-0.2, 0) is 20.9 Å². The maximum Gasteiger partial charge on any atom is 0.358 e.